The van der Waals surface area contributed by atoms with Crippen molar-refractivity contribution in [3.63, 3.8) is 0 Å². The number of carbonyl (C=O) groups excluding carboxylic acids is 1. The van der Waals surface area contributed by atoms with Crippen molar-refractivity contribution < 1.29 is 17.9 Å². The largest absolute Gasteiger partial charge is 0.484 e. The maximum Gasteiger partial charge on any atom is 0.260 e. The monoisotopic (exact) mass is 389 g/mol. The second-order valence-electron chi connectivity index (χ2n) is 5.39. The van der Waals surface area contributed by atoms with Gasteiger partial charge in [0, 0.05) is 17.1 Å². The van der Waals surface area contributed by atoms with Crippen molar-refractivity contribution in [3.8, 4) is 5.75 Å². The highest BCUT2D eigenvalue weighted by Crippen LogP contribution is 2.20. The van der Waals surface area contributed by atoms with Crippen LogP contribution in [-0.4, -0.2) is 49.9 Å². The van der Waals surface area contributed by atoms with Gasteiger partial charge in [-0.2, -0.15) is 0 Å². The van der Waals surface area contributed by atoms with Crippen molar-refractivity contribution >= 4 is 31.7 Å². The molecule has 1 saturated heterocycles. The molecule has 122 valence electrons. The summed E-state index contributed by atoms with van der Waals surface area (Å²) in [6.07, 6.45) is 1.31. The van der Waals surface area contributed by atoms with Crippen molar-refractivity contribution in [1.82, 2.24) is 4.90 Å². The summed E-state index contributed by atoms with van der Waals surface area (Å²) < 4.78 is 29.6. The quantitative estimate of drug-likeness (QED) is 0.748. The highest BCUT2D eigenvalue weighted by molar-refractivity contribution is 9.10. The average Bonchev–Trinajstić information content (AvgIpc) is 2.82. The predicted octanol–water partition coefficient (Wildman–Crippen LogP) is 2.25. The number of ether oxygens (including phenoxy) is 1. The lowest BCUT2D eigenvalue weighted by molar-refractivity contribution is -0.135. The summed E-state index contributed by atoms with van der Waals surface area (Å²) in [6, 6.07) is 7.06. The Morgan fingerprint density at radius 2 is 2.23 bits per heavy atom. The Labute approximate surface area is 139 Å². The van der Waals surface area contributed by atoms with E-state index >= 15 is 0 Å². The molecule has 0 radical (unpaired) electrons. The van der Waals surface area contributed by atoms with E-state index in [2.05, 4.69) is 15.9 Å². The first-order valence-electron chi connectivity index (χ1n) is 7.29. The van der Waals surface area contributed by atoms with Gasteiger partial charge in [0.25, 0.3) is 5.91 Å². The van der Waals surface area contributed by atoms with Crippen LogP contribution in [0.1, 0.15) is 19.8 Å². The number of benzene rings is 1. The zero-order chi connectivity index (χ0) is 16.2. The number of carbonyl (C=O) groups is 1. The number of nitrogens with zero attached hydrogens (tertiary/aromatic N) is 1. The Kier molecular flexibility index (Phi) is 5.86. The summed E-state index contributed by atoms with van der Waals surface area (Å²) in [5.41, 5.74) is 0. The van der Waals surface area contributed by atoms with E-state index in [0.717, 1.165) is 10.9 Å². The van der Waals surface area contributed by atoms with Crippen molar-refractivity contribution in [3.05, 3.63) is 28.7 Å². The average molecular weight is 390 g/mol. The van der Waals surface area contributed by atoms with Crippen molar-refractivity contribution in [1.29, 1.82) is 0 Å². The molecule has 1 aromatic carbocycles. The molecule has 7 heteroatoms. The zero-order valence-electron chi connectivity index (χ0n) is 12.5. The van der Waals surface area contributed by atoms with Crippen LogP contribution in [0.15, 0.2) is 28.7 Å². The molecule has 1 unspecified atom stereocenters. The predicted molar refractivity (Wildman–Crippen MR) is 88.7 cm³/mol. The number of amides is 1. The van der Waals surface area contributed by atoms with E-state index in [4.69, 9.17) is 4.74 Å². The van der Waals surface area contributed by atoms with E-state index < -0.39 is 9.84 Å². The maximum absolute atomic E-state index is 12.4. The first kappa shape index (κ1) is 17.3. The third-order valence-corrected chi connectivity index (χ3v) is 5.84. The molecule has 1 aromatic rings. The van der Waals surface area contributed by atoms with E-state index in [1.54, 1.807) is 17.0 Å². The molecule has 1 heterocycles. The van der Waals surface area contributed by atoms with E-state index in [1.165, 1.54) is 0 Å². The molecule has 1 aliphatic heterocycles. The topological polar surface area (TPSA) is 63.7 Å². The molecular formula is C15H20BrNO4S. The highest BCUT2D eigenvalue weighted by Gasteiger charge is 2.34. The van der Waals surface area contributed by atoms with E-state index in [1.807, 2.05) is 19.1 Å². The minimum absolute atomic E-state index is 0.0651. The lowest BCUT2D eigenvalue weighted by Gasteiger charge is -2.27. The van der Waals surface area contributed by atoms with Gasteiger partial charge >= 0.3 is 0 Å². The fourth-order valence-corrected chi connectivity index (χ4v) is 4.67. The van der Waals surface area contributed by atoms with E-state index in [0.29, 0.717) is 18.7 Å². The number of rotatable bonds is 6. The SMILES string of the molecule is CCCN(C(=O)COc1cccc(Br)c1)C1CCS(=O)(=O)C1. The molecule has 22 heavy (non-hydrogen) atoms. The van der Waals surface area contributed by atoms with Crippen LogP contribution in [0.5, 0.6) is 5.75 Å². The molecular weight excluding hydrogens is 370 g/mol. The van der Waals surface area contributed by atoms with Gasteiger partial charge in [-0.1, -0.05) is 28.9 Å². The lowest BCUT2D eigenvalue weighted by atomic mass is 10.2. The van der Waals surface area contributed by atoms with Gasteiger partial charge in [-0.15, -0.1) is 0 Å². The van der Waals surface area contributed by atoms with Crippen LogP contribution in [0.25, 0.3) is 0 Å². The summed E-state index contributed by atoms with van der Waals surface area (Å²) in [5, 5.41) is 0. The summed E-state index contributed by atoms with van der Waals surface area (Å²) in [6.45, 7) is 2.45. The van der Waals surface area contributed by atoms with E-state index in [-0.39, 0.29) is 30.1 Å². The Hall–Kier alpha value is -1.08. The second kappa shape index (κ2) is 7.46. The molecule has 0 N–H and O–H groups in total. The summed E-state index contributed by atoms with van der Waals surface area (Å²) in [5.74, 6) is 0.676. The minimum Gasteiger partial charge on any atom is -0.484 e. The molecule has 0 spiro atoms. The Bertz CT molecular complexity index is 632. The first-order chi connectivity index (χ1) is 10.4. The molecule has 5 nitrogen and oxygen atoms in total. The molecule has 0 aliphatic carbocycles. The van der Waals surface area contributed by atoms with Gasteiger partial charge in [0.15, 0.2) is 16.4 Å². The molecule has 0 bridgehead atoms. The van der Waals surface area contributed by atoms with Gasteiger partial charge in [-0.25, -0.2) is 8.42 Å². The molecule has 1 amide bonds. The van der Waals surface area contributed by atoms with Crippen LogP contribution in [0.2, 0.25) is 0 Å². The Morgan fingerprint density at radius 1 is 1.45 bits per heavy atom. The number of hydrogen-bond acceptors (Lipinski definition) is 4. The summed E-state index contributed by atoms with van der Waals surface area (Å²) in [7, 11) is -3.01. The van der Waals surface area contributed by atoms with Crippen LogP contribution < -0.4 is 4.74 Å². The minimum atomic E-state index is -3.01. The molecule has 2 rings (SSSR count). The van der Waals surface area contributed by atoms with Crippen LogP contribution in [0.3, 0.4) is 0 Å². The third kappa shape index (κ3) is 4.71. The van der Waals surface area contributed by atoms with Crippen LogP contribution in [0, 0.1) is 0 Å². The molecule has 0 aromatic heterocycles. The van der Waals surface area contributed by atoms with Crippen LogP contribution in [0.4, 0.5) is 0 Å². The molecule has 1 aliphatic rings. The summed E-state index contributed by atoms with van der Waals surface area (Å²) >= 11 is 3.35. The van der Waals surface area contributed by atoms with Gasteiger partial charge in [0.05, 0.1) is 11.5 Å². The van der Waals surface area contributed by atoms with Crippen molar-refractivity contribution in [2.24, 2.45) is 0 Å². The fourth-order valence-electron chi connectivity index (χ4n) is 2.56. The van der Waals surface area contributed by atoms with Crippen molar-refractivity contribution in [2.45, 2.75) is 25.8 Å². The Balaban J connectivity index is 1.98. The standard InChI is InChI=1S/C15H20BrNO4S/c1-2-7-17(13-6-8-22(19,20)11-13)15(18)10-21-14-5-3-4-12(16)9-14/h3-5,9,13H,2,6-8,10-11H2,1H3. The maximum atomic E-state index is 12.4. The highest BCUT2D eigenvalue weighted by atomic mass is 79.9. The first-order valence-corrected chi connectivity index (χ1v) is 9.91. The molecule has 0 saturated carbocycles. The van der Waals surface area contributed by atoms with Gasteiger partial charge in [0.2, 0.25) is 0 Å². The van der Waals surface area contributed by atoms with Crippen LogP contribution >= 0.6 is 15.9 Å². The number of sulfone groups is 1. The van der Waals surface area contributed by atoms with E-state index in [9.17, 15) is 13.2 Å². The zero-order valence-corrected chi connectivity index (χ0v) is 14.9. The third-order valence-electron chi connectivity index (χ3n) is 3.59. The molecule has 1 atom stereocenters. The fraction of sp³-hybridized carbons (Fsp3) is 0.533. The van der Waals surface area contributed by atoms with Gasteiger partial charge < -0.3 is 9.64 Å². The Morgan fingerprint density at radius 3 is 2.82 bits per heavy atom. The second-order valence-corrected chi connectivity index (χ2v) is 8.53. The number of hydrogen-bond donors (Lipinski definition) is 0. The number of halogens is 1. The normalized spacial score (nSPS) is 19.8. The van der Waals surface area contributed by atoms with Gasteiger partial charge in [-0.05, 0) is 31.0 Å². The van der Waals surface area contributed by atoms with Gasteiger partial charge in [-0.3, -0.25) is 4.79 Å². The van der Waals surface area contributed by atoms with Crippen LogP contribution in [-0.2, 0) is 14.6 Å². The lowest BCUT2D eigenvalue weighted by Crippen LogP contribution is -2.44. The molecule has 1 fully saturated rings. The summed E-state index contributed by atoms with van der Waals surface area (Å²) in [4.78, 5) is 14.0. The van der Waals surface area contributed by atoms with Crippen molar-refractivity contribution in [2.75, 3.05) is 24.7 Å². The van der Waals surface area contributed by atoms with Gasteiger partial charge in [0.1, 0.15) is 5.75 Å². The smallest absolute Gasteiger partial charge is 0.260 e.